The van der Waals surface area contributed by atoms with Crippen molar-refractivity contribution in [3.63, 3.8) is 0 Å². The van der Waals surface area contributed by atoms with Gasteiger partial charge in [0.25, 0.3) is 5.91 Å². The van der Waals surface area contributed by atoms with E-state index >= 15 is 0 Å². The lowest BCUT2D eigenvalue weighted by Gasteiger charge is -2.32. The summed E-state index contributed by atoms with van der Waals surface area (Å²) in [5.74, 6) is 1.36. The molecule has 3 aromatic rings. The van der Waals surface area contributed by atoms with E-state index < -0.39 is 0 Å². The van der Waals surface area contributed by atoms with Crippen LogP contribution in [0.25, 0.3) is 11.4 Å². The van der Waals surface area contributed by atoms with Crippen LogP contribution < -0.4 is 0 Å². The smallest absolute Gasteiger partial charge is 0.257 e. The summed E-state index contributed by atoms with van der Waals surface area (Å²) in [6.07, 6.45) is 4.87. The quantitative estimate of drug-likeness (QED) is 0.676. The van der Waals surface area contributed by atoms with Gasteiger partial charge in [-0.3, -0.25) is 4.79 Å². The Morgan fingerprint density at radius 1 is 1.00 bits per heavy atom. The standard InChI is InChI=1S/C24H25N3O/c1-18-22(17-25-23(26-18)21-10-6-3-7-11-21)24(28)27-14-12-20(13-15-27)16-19-8-4-2-5-9-19/h2-11,17,20H,12-16H2,1H3. The van der Waals surface area contributed by atoms with E-state index in [1.165, 1.54) is 5.56 Å². The predicted octanol–water partition coefficient (Wildman–Crippen LogP) is 4.55. The van der Waals surface area contributed by atoms with E-state index in [0.717, 1.165) is 43.6 Å². The maximum absolute atomic E-state index is 13.0. The van der Waals surface area contributed by atoms with Crippen molar-refractivity contribution in [2.24, 2.45) is 5.92 Å². The third kappa shape index (κ3) is 4.11. The number of aromatic nitrogens is 2. The summed E-state index contributed by atoms with van der Waals surface area (Å²) in [6.45, 7) is 3.50. The summed E-state index contributed by atoms with van der Waals surface area (Å²) >= 11 is 0. The largest absolute Gasteiger partial charge is 0.339 e. The highest BCUT2D eigenvalue weighted by molar-refractivity contribution is 5.95. The Morgan fingerprint density at radius 3 is 2.29 bits per heavy atom. The molecule has 0 aliphatic carbocycles. The zero-order chi connectivity index (χ0) is 19.3. The first-order chi connectivity index (χ1) is 13.7. The predicted molar refractivity (Wildman–Crippen MR) is 111 cm³/mol. The normalized spacial score (nSPS) is 14.8. The van der Waals surface area contributed by atoms with Crippen LogP contribution in [0, 0.1) is 12.8 Å². The van der Waals surface area contributed by atoms with Gasteiger partial charge in [-0.25, -0.2) is 9.97 Å². The second kappa shape index (κ2) is 8.34. The molecule has 4 nitrogen and oxygen atoms in total. The number of amides is 1. The molecule has 0 saturated carbocycles. The molecule has 4 rings (SSSR count). The minimum atomic E-state index is 0.0512. The van der Waals surface area contributed by atoms with Gasteiger partial charge < -0.3 is 4.90 Å². The number of nitrogens with zero attached hydrogens (tertiary/aromatic N) is 3. The van der Waals surface area contributed by atoms with Crippen LogP contribution in [0.3, 0.4) is 0 Å². The van der Waals surface area contributed by atoms with Crippen molar-refractivity contribution in [1.29, 1.82) is 0 Å². The van der Waals surface area contributed by atoms with Crippen molar-refractivity contribution in [1.82, 2.24) is 14.9 Å². The van der Waals surface area contributed by atoms with Gasteiger partial charge in [0.05, 0.1) is 11.3 Å². The molecule has 4 heteroatoms. The third-order valence-corrected chi connectivity index (χ3v) is 5.51. The Labute approximate surface area is 166 Å². The molecule has 142 valence electrons. The van der Waals surface area contributed by atoms with Gasteiger partial charge in [0, 0.05) is 24.8 Å². The van der Waals surface area contributed by atoms with E-state index in [9.17, 15) is 4.79 Å². The topological polar surface area (TPSA) is 46.1 Å². The molecule has 1 aliphatic rings. The van der Waals surface area contributed by atoms with Crippen LogP contribution in [0.4, 0.5) is 0 Å². The molecule has 1 saturated heterocycles. The Morgan fingerprint density at radius 2 is 1.64 bits per heavy atom. The fourth-order valence-electron chi connectivity index (χ4n) is 3.86. The molecular formula is C24H25N3O. The highest BCUT2D eigenvalue weighted by atomic mass is 16.2. The molecule has 0 radical (unpaired) electrons. The van der Waals surface area contributed by atoms with Crippen LogP contribution in [0.15, 0.2) is 66.9 Å². The van der Waals surface area contributed by atoms with Gasteiger partial charge in [0.15, 0.2) is 5.82 Å². The van der Waals surface area contributed by atoms with Gasteiger partial charge in [0.2, 0.25) is 0 Å². The molecule has 0 spiro atoms. The summed E-state index contributed by atoms with van der Waals surface area (Å²) < 4.78 is 0. The van der Waals surface area contributed by atoms with Crippen LogP contribution in [-0.4, -0.2) is 33.9 Å². The molecule has 0 unspecified atom stereocenters. The molecule has 1 aliphatic heterocycles. The number of piperidine rings is 1. The van der Waals surface area contributed by atoms with Crippen molar-refractivity contribution in [3.8, 4) is 11.4 Å². The molecule has 2 aromatic carbocycles. The van der Waals surface area contributed by atoms with E-state index in [1.807, 2.05) is 42.2 Å². The Balaban J connectivity index is 1.40. The van der Waals surface area contributed by atoms with E-state index in [1.54, 1.807) is 6.20 Å². The molecule has 1 amide bonds. The summed E-state index contributed by atoms with van der Waals surface area (Å²) in [5, 5.41) is 0. The third-order valence-electron chi connectivity index (χ3n) is 5.51. The van der Waals surface area contributed by atoms with Gasteiger partial charge in [-0.1, -0.05) is 60.7 Å². The van der Waals surface area contributed by atoms with Crippen molar-refractivity contribution in [3.05, 3.63) is 83.7 Å². The number of aryl methyl sites for hydroxylation is 1. The number of hydrogen-bond acceptors (Lipinski definition) is 3. The van der Waals surface area contributed by atoms with E-state index in [4.69, 9.17) is 0 Å². The molecule has 0 atom stereocenters. The average molecular weight is 371 g/mol. The van der Waals surface area contributed by atoms with Gasteiger partial charge in [-0.2, -0.15) is 0 Å². The van der Waals surface area contributed by atoms with Gasteiger partial charge in [-0.15, -0.1) is 0 Å². The number of carbonyl (C=O) groups excluding carboxylic acids is 1. The maximum atomic E-state index is 13.0. The first-order valence-corrected chi connectivity index (χ1v) is 9.93. The number of rotatable bonds is 4. The summed E-state index contributed by atoms with van der Waals surface area (Å²) in [6, 6.07) is 20.5. The molecule has 0 bridgehead atoms. The molecule has 1 fully saturated rings. The lowest BCUT2D eigenvalue weighted by Crippen LogP contribution is -2.39. The number of likely N-dealkylation sites (tertiary alicyclic amines) is 1. The second-order valence-corrected chi connectivity index (χ2v) is 7.48. The number of benzene rings is 2. The first kappa shape index (κ1) is 18.4. The van der Waals surface area contributed by atoms with Crippen LogP contribution in [-0.2, 0) is 6.42 Å². The minimum Gasteiger partial charge on any atom is -0.339 e. The molecule has 28 heavy (non-hydrogen) atoms. The van der Waals surface area contributed by atoms with Crippen molar-refractivity contribution >= 4 is 5.91 Å². The highest BCUT2D eigenvalue weighted by Crippen LogP contribution is 2.24. The SMILES string of the molecule is Cc1nc(-c2ccccc2)ncc1C(=O)N1CCC(Cc2ccccc2)CC1. The van der Waals surface area contributed by atoms with Gasteiger partial charge >= 0.3 is 0 Å². The van der Waals surface area contributed by atoms with E-state index in [2.05, 4.69) is 40.3 Å². The first-order valence-electron chi connectivity index (χ1n) is 9.93. The van der Waals surface area contributed by atoms with E-state index in [0.29, 0.717) is 17.3 Å². The average Bonchev–Trinajstić information content (AvgIpc) is 2.75. The van der Waals surface area contributed by atoms with Gasteiger partial charge in [0.1, 0.15) is 0 Å². The molecule has 0 N–H and O–H groups in total. The fourth-order valence-corrected chi connectivity index (χ4v) is 3.86. The lowest BCUT2D eigenvalue weighted by molar-refractivity contribution is 0.0689. The van der Waals surface area contributed by atoms with Crippen molar-refractivity contribution in [2.45, 2.75) is 26.2 Å². The summed E-state index contributed by atoms with van der Waals surface area (Å²) in [5.41, 5.74) is 3.70. The zero-order valence-corrected chi connectivity index (χ0v) is 16.2. The second-order valence-electron chi connectivity index (χ2n) is 7.48. The Hall–Kier alpha value is -3.01. The minimum absolute atomic E-state index is 0.0512. The molecular weight excluding hydrogens is 346 g/mol. The van der Waals surface area contributed by atoms with Gasteiger partial charge in [-0.05, 0) is 37.7 Å². The maximum Gasteiger partial charge on any atom is 0.257 e. The zero-order valence-electron chi connectivity index (χ0n) is 16.2. The van der Waals surface area contributed by atoms with Crippen LogP contribution in [0.1, 0.15) is 34.5 Å². The Bertz CT molecular complexity index is 933. The number of hydrogen-bond donors (Lipinski definition) is 0. The summed E-state index contributed by atoms with van der Waals surface area (Å²) in [4.78, 5) is 23.9. The van der Waals surface area contributed by atoms with Crippen LogP contribution in [0.2, 0.25) is 0 Å². The van der Waals surface area contributed by atoms with Crippen LogP contribution in [0.5, 0.6) is 0 Å². The van der Waals surface area contributed by atoms with E-state index in [-0.39, 0.29) is 5.91 Å². The number of carbonyl (C=O) groups is 1. The fraction of sp³-hybridized carbons (Fsp3) is 0.292. The summed E-state index contributed by atoms with van der Waals surface area (Å²) in [7, 11) is 0. The highest BCUT2D eigenvalue weighted by Gasteiger charge is 2.25. The Kier molecular flexibility index (Phi) is 5.47. The monoisotopic (exact) mass is 371 g/mol. The lowest BCUT2D eigenvalue weighted by atomic mass is 9.90. The van der Waals surface area contributed by atoms with Crippen molar-refractivity contribution in [2.75, 3.05) is 13.1 Å². The van der Waals surface area contributed by atoms with Crippen molar-refractivity contribution < 1.29 is 4.79 Å². The van der Waals surface area contributed by atoms with Crippen LogP contribution >= 0.6 is 0 Å². The molecule has 1 aromatic heterocycles. The molecule has 2 heterocycles.